The third-order valence-corrected chi connectivity index (χ3v) is 2.70. The van der Waals surface area contributed by atoms with Gasteiger partial charge >= 0.3 is 5.97 Å². The van der Waals surface area contributed by atoms with Gasteiger partial charge in [-0.1, -0.05) is 11.6 Å². The minimum absolute atomic E-state index is 0.181. The van der Waals surface area contributed by atoms with Gasteiger partial charge in [-0.3, -0.25) is 0 Å². The van der Waals surface area contributed by atoms with Crippen molar-refractivity contribution in [1.29, 1.82) is 0 Å². The van der Waals surface area contributed by atoms with Gasteiger partial charge in [0.05, 0.1) is 19.2 Å². The zero-order valence-corrected chi connectivity index (χ0v) is 10.4. The summed E-state index contributed by atoms with van der Waals surface area (Å²) in [6, 6.07) is 1.36. The monoisotopic (exact) mass is 260 g/mol. The Morgan fingerprint density at radius 2 is 1.88 bits per heavy atom. The largest absolute Gasteiger partial charge is 0.493 e. The molecule has 0 aliphatic heterocycles. The molecule has 0 saturated carbocycles. The smallest absolute Gasteiger partial charge is 0.337 e. The molecule has 17 heavy (non-hydrogen) atoms. The molecule has 2 N–H and O–H groups in total. The SMILES string of the molecule is COc1c(Cl)cc(C(O)C(=O)O)c(C)c1OC. The van der Waals surface area contributed by atoms with E-state index in [2.05, 4.69) is 0 Å². The molecule has 0 aliphatic carbocycles. The summed E-state index contributed by atoms with van der Waals surface area (Å²) in [7, 11) is 2.84. The highest BCUT2D eigenvalue weighted by molar-refractivity contribution is 6.32. The van der Waals surface area contributed by atoms with Crippen LogP contribution in [0.1, 0.15) is 17.2 Å². The summed E-state index contributed by atoms with van der Waals surface area (Å²) in [5.41, 5.74) is 0.656. The number of carboxylic acid groups (broad SMARTS) is 1. The molecule has 1 aromatic rings. The number of aliphatic carboxylic acids is 1. The minimum atomic E-state index is -1.65. The lowest BCUT2D eigenvalue weighted by Crippen LogP contribution is -2.12. The third-order valence-electron chi connectivity index (χ3n) is 2.42. The average molecular weight is 261 g/mol. The van der Waals surface area contributed by atoms with E-state index in [1.807, 2.05) is 0 Å². The fraction of sp³-hybridized carbons (Fsp3) is 0.364. The van der Waals surface area contributed by atoms with E-state index in [1.54, 1.807) is 6.92 Å². The van der Waals surface area contributed by atoms with Crippen LogP contribution in [0.3, 0.4) is 0 Å². The maximum absolute atomic E-state index is 10.8. The van der Waals surface area contributed by atoms with Gasteiger partial charge in [-0.15, -0.1) is 0 Å². The van der Waals surface area contributed by atoms with Crippen LogP contribution in [0.4, 0.5) is 0 Å². The molecule has 0 fully saturated rings. The van der Waals surface area contributed by atoms with E-state index in [0.29, 0.717) is 17.1 Å². The van der Waals surface area contributed by atoms with Crippen LogP contribution in [0, 0.1) is 6.92 Å². The highest BCUT2D eigenvalue weighted by Gasteiger charge is 2.24. The number of benzene rings is 1. The van der Waals surface area contributed by atoms with Gasteiger partial charge in [0, 0.05) is 11.1 Å². The number of carboxylic acids is 1. The molecule has 1 rings (SSSR count). The van der Waals surface area contributed by atoms with Crippen LogP contribution >= 0.6 is 11.6 Å². The molecule has 0 heterocycles. The second kappa shape index (κ2) is 5.25. The Morgan fingerprint density at radius 1 is 1.35 bits per heavy atom. The first-order valence-electron chi connectivity index (χ1n) is 4.75. The van der Waals surface area contributed by atoms with Gasteiger partial charge in [0.15, 0.2) is 17.6 Å². The van der Waals surface area contributed by atoms with E-state index in [-0.39, 0.29) is 10.6 Å². The first kappa shape index (κ1) is 13.6. The van der Waals surface area contributed by atoms with Crippen molar-refractivity contribution >= 4 is 17.6 Å². The highest BCUT2D eigenvalue weighted by Crippen LogP contribution is 2.41. The lowest BCUT2D eigenvalue weighted by molar-refractivity contribution is -0.147. The van der Waals surface area contributed by atoms with Crippen molar-refractivity contribution in [2.45, 2.75) is 13.0 Å². The van der Waals surface area contributed by atoms with Crippen molar-refractivity contribution in [3.8, 4) is 11.5 Å². The molecule has 0 radical (unpaired) electrons. The van der Waals surface area contributed by atoms with Crippen molar-refractivity contribution in [3.05, 3.63) is 22.2 Å². The Bertz CT molecular complexity index is 444. The Kier molecular flexibility index (Phi) is 4.20. The molecule has 5 nitrogen and oxygen atoms in total. The fourth-order valence-electron chi connectivity index (χ4n) is 1.57. The van der Waals surface area contributed by atoms with E-state index in [4.69, 9.17) is 26.2 Å². The Labute approximate surface area is 104 Å². The summed E-state index contributed by atoms with van der Waals surface area (Å²) < 4.78 is 10.2. The molecule has 0 aliphatic rings. The summed E-state index contributed by atoms with van der Waals surface area (Å²) in [5, 5.41) is 18.5. The van der Waals surface area contributed by atoms with Gasteiger partial charge in [-0.05, 0) is 13.0 Å². The number of aliphatic hydroxyl groups is 1. The number of halogens is 1. The standard InChI is InChI=1S/C11H13ClO5/c1-5-6(8(13)11(14)15)4-7(12)10(17-3)9(5)16-2/h4,8,13H,1-3H3,(H,14,15). The predicted octanol–water partition coefficient (Wildman–Crippen LogP) is 1.78. The van der Waals surface area contributed by atoms with E-state index in [1.165, 1.54) is 20.3 Å². The minimum Gasteiger partial charge on any atom is -0.493 e. The Morgan fingerprint density at radius 3 is 2.29 bits per heavy atom. The number of rotatable bonds is 4. The fourth-order valence-corrected chi connectivity index (χ4v) is 1.85. The second-order valence-corrected chi connectivity index (χ2v) is 3.79. The summed E-state index contributed by atoms with van der Waals surface area (Å²) >= 11 is 5.93. The van der Waals surface area contributed by atoms with Crippen LogP contribution in [0.15, 0.2) is 6.07 Å². The molecule has 6 heteroatoms. The summed E-state index contributed by atoms with van der Waals surface area (Å²) in [5.74, 6) is -0.723. The van der Waals surface area contributed by atoms with Gasteiger partial charge in [0.25, 0.3) is 0 Å². The highest BCUT2D eigenvalue weighted by atomic mass is 35.5. The summed E-state index contributed by atoms with van der Waals surface area (Å²) in [6.07, 6.45) is -1.65. The van der Waals surface area contributed by atoms with Gasteiger partial charge in [0.1, 0.15) is 0 Å². The third kappa shape index (κ3) is 2.45. The lowest BCUT2D eigenvalue weighted by atomic mass is 10.0. The zero-order valence-electron chi connectivity index (χ0n) is 9.65. The first-order valence-corrected chi connectivity index (χ1v) is 5.13. The van der Waals surface area contributed by atoms with Crippen LogP contribution in [0.5, 0.6) is 11.5 Å². The molecule has 1 atom stereocenters. The van der Waals surface area contributed by atoms with Crippen LogP contribution < -0.4 is 9.47 Å². The number of hydrogen-bond donors (Lipinski definition) is 2. The molecule has 0 spiro atoms. The number of hydrogen-bond acceptors (Lipinski definition) is 4. The van der Waals surface area contributed by atoms with Gasteiger partial charge in [-0.2, -0.15) is 0 Å². The maximum atomic E-state index is 10.8. The number of ether oxygens (including phenoxy) is 2. The molecule has 0 aromatic heterocycles. The second-order valence-electron chi connectivity index (χ2n) is 3.38. The van der Waals surface area contributed by atoms with Crippen LogP contribution in [-0.4, -0.2) is 30.4 Å². The molecule has 94 valence electrons. The maximum Gasteiger partial charge on any atom is 0.337 e. The summed E-state index contributed by atoms with van der Waals surface area (Å²) in [6.45, 7) is 1.62. The molecule has 0 saturated heterocycles. The number of carbonyl (C=O) groups is 1. The van der Waals surface area contributed by atoms with Crippen molar-refractivity contribution < 1.29 is 24.5 Å². The molecular weight excluding hydrogens is 248 g/mol. The van der Waals surface area contributed by atoms with Gasteiger partial charge in [-0.25, -0.2) is 4.79 Å². The van der Waals surface area contributed by atoms with Crippen LogP contribution in [-0.2, 0) is 4.79 Å². The van der Waals surface area contributed by atoms with Crippen molar-refractivity contribution in [1.82, 2.24) is 0 Å². The van der Waals surface area contributed by atoms with Crippen LogP contribution in [0.2, 0.25) is 5.02 Å². The topological polar surface area (TPSA) is 76.0 Å². The van der Waals surface area contributed by atoms with Crippen molar-refractivity contribution in [2.75, 3.05) is 14.2 Å². The van der Waals surface area contributed by atoms with E-state index < -0.39 is 12.1 Å². The Hall–Kier alpha value is -1.46. The van der Waals surface area contributed by atoms with Crippen molar-refractivity contribution in [2.24, 2.45) is 0 Å². The molecule has 1 aromatic carbocycles. The van der Waals surface area contributed by atoms with Crippen molar-refractivity contribution in [3.63, 3.8) is 0 Å². The van der Waals surface area contributed by atoms with E-state index >= 15 is 0 Å². The van der Waals surface area contributed by atoms with Gasteiger partial charge < -0.3 is 19.7 Å². The predicted molar refractivity (Wildman–Crippen MR) is 61.9 cm³/mol. The summed E-state index contributed by atoms with van der Waals surface area (Å²) in [4.78, 5) is 10.8. The Balaban J connectivity index is 3.45. The van der Waals surface area contributed by atoms with E-state index in [0.717, 1.165) is 0 Å². The average Bonchev–Trinajstić information content (AvgIpc) is 2.29. The zero-order chi connectivity index (χ0) is 13.2. The molecule has 0 bridgehead atoms. The quantitative estimate of drug-likeness (QED) is 0.863. The number of methoxy groups -OCH3 is 2. The van der Waals surface area contributed by atoms with Crippen LogP contribution in [0.25, 0.3) is 0 Å². The van der Waals surface area contributed by atoms with Gasteiger partial charge in [0.2, 0.25) is 0 Å². The molecular formula is C11H13ClO5. The molecule has 0 amide bonds. The van der Waals surface area contributed by atoms with E-state index in [9.17, 15) is 9.90 Å². The normalized spacial score (nSPS) is 12.1. The molecule has 1 unspecified atom stereocenters. The number of aliphatic hydroxyl groups excluding tert-OH is 1. The lowest BCUT2D eigenvalue weighted by Gasteiger charge is -2.17. The first-order chi connectivity index (χ1) is 7.93.